The second-order valence-corrected chi connectivity index (χ2v) is 4.33. The Morgan fingerprint density at radius 3 is 2.70 bits per heavy atom. The van der Waals surface area contributed by atoms with Crippen molar-refractivity contribution in [3.8, 4) is 0 Å². The van der Waals surface area contributed by atoms with Crippen molar-refractivity contribution < 1.29 is 9.45 Å². The molecule has 20 heavy (non-hydrogen) atoms. The Balaban J connectivity index is 2.22. The van der Waals surface area contributed by atoms with Crippen molar-refractivity contribution in [2.24, 2.45) is 0 Å². The molecule has 2 heterocycles. The van der Waals surface area contributed by atoms with Gasteiger partial charge in [-0.2, -0.15) is 4.98 Å². The van der Waals surface area contributed by atoms with Crippen LogP contribution in [0.1, 0.15) is 30.0 Å². The predicted molar refractivity (Wildman–Crippen MR) is 71.1 cm³/mol. The Morgan fingerprint density at radius 1 is 1.50 bits per heavy atom. The van der Waals surface area contributed by atoms with E-state index < -0.39 is 4.92 Å². The van der Waals surface area contributed by atoms with Crippen molar-refractivity contribution in [3.63, 3.8) is 0 Å². The summed E-state index contributed by atoms with van der Waals surface area (Å²) in [5.74, 6) is 0.719. The maximum absolute atomic E-state index is 10.6. The normalized spacial score (nSPS) is 12.2. The van der Waals surface area contributed by atoms with Crippen molar-refractivity contribution in [2.45, 2.75) is 26.8 Å². The third kappa shape index (κ3) is 2.51. The van der Waals surface area contributed by atoms with Gasteiger partial charge in [0.25, 0.3) is 0 Å². The number of nitrogens with two attached hydrogens (primary N) is 1. The molecule has 2 rings (SSSR count). The van der Waals surface area contributed by atoms with Crippen molar-refractivity contribution in [2.75, 3.05) is 11.1 Å². The third-order valence-electron chi connectivity index (χ3n) is 2.86. The number of nitrogen functional groups attached to an aromatic ring is 1. The number of nitrogens with zero attached hydrogens (tertiary/aromatic N) is 4. The number of rotatable bonds is 4. The van der Waals surface area contributed by atoms with E-state index in [4.69, 9.17) is 10.3 Å². The van der Waals surface area contributed by atoms with Gasteiger partial charge in [-0.05, 0) is 20.8 Å². The summed E-state index contributed by atoms with van der Waals surface area (Å²) in [6.07, 6.45) is 1.07. The van der Waals surface area contributed by atoms with Crippen LogP contribution >= 0.6 is 0 Å². The molecular weight excluding hydrogens is 264 g/mol. The maximum Gasteiger partial charge on any atom is 0.329 e. The molecule has 2 aromatic heterocycles. The quantitative estimate of drug-likeness (QED) is 0.638. The van der Waals surface area contributed by atoms with E-state index in [-0.39, 0.29) is 23.5 Å². The van der Waals surface area contributed by atoms with Gasteiger partial charge in [0.05, 0.1) is 16.7 Å². The lowest BCUT2D eigenvalue weighted by Gasteiger charge is -2.13. The standard InChI is InChI=1S/C11H14N6O3/c1-5(9-6(2)16-20-7(9)3)14-11-13-4-8(17(18)19)10(12)15-11/h4-5H,1-3H3,(H3,12,13,14,15). The van der Waals surface area contributed by atoms with Gasteiger partial charge in [-0.25, -0.2) is 4.98 Å². The van der Waals surface area contributed by atoms with Gasteiger partial charge in [0.1, 0.15) is 12.0 Å². The van der Waals surface area contributed by atoms with Crippen molar-refractivity contribution in [1.29, 1.82) is 0 Å². The highest BCUT2D eigenvalue weighted by Crippen LogP contribution is 2.25. The van der Waals surface area contributed by atoms with Gasteiger partial charge in [-0.15, -0.1) is 0 Å². The molecule has 0 amide bonds. The lowest BCUT2D eigenvalue weighted by atomic mass is 10.1. The van der Waals surface area contributed by atoms with Crippen molar-refractivity contribution in [1.82, 2.24) is 15.1 Å². The third-order valence-corrected chi connectivity index (χ3v) is 2.86. The molecule has 0 aliphatic heterocycles. The molecule has 0 aliphatic rings. The maximum atomic E-state index is 10.6. The molecule has 0 spiro atoms. The van der Waals surface area contributed by atoms with Crippen LogP contribution in [0.4, 0.5) is 17.5 Å². The van der Waals surface area contributed by atoms with Gasteiger partial charge < -0.3 is 15.6 Å². The van der Waals surface area contributed by atoms with Crippen molar-refractivity contribution in [3.05, 3.63) is 33.3 Å². The molecule has 0 saturated carbocycles. The summed E-state index contributed by atoms with van der Waals surface area (Å²) >= 11 is 0. The molecule has 0 aromatic carbocycles. The van der Waals surface area contributed by atoms with E-state index >= 15 is 0 Å². The molecule has 0 saturated heterocycles. The van der Waals surface area contributed by atoms with E-state index in [9.17, 15) is 10.1 Å². The van der Waals surface area contributed by atoms with E-state index in [0.717, 1.165) is 17.5 Å². The average molecular weight is 278 g/mol. The first-order chi connectivity index (χ1) is 9.40. The first kappa shape index (κ1) is 13.7. The number of aryl methyl sites for hydroxylation is 2. The molecular formula is C11H14N6O3. The van der Waals surface area contributed by atoms with Crippen LogP contribution in [0.5, 0.6) is 0 Å². The summed E-state index contributed by atoms with van der Waals surface area (Å²) in [7, 11) is 0. The van der Waals surface area contributed by atoms with Crippen LogP contribution in [-0.2, 0) is 0 Å². The molecule has 1 unspecified atom stereocenters. The van der Waals surface area contributed by atoms with Gasteiger partial charge in [0.2, 0.25) is 11.8 Å². The molecule has 2 aromatic rings. The zero-order valence-corrected chi connectivity index (χ0v) is 11.2. The summed E-state index contributed by atoms with van der Waals surface area (Å²) in [4.78, 5) is 17.7. The Labute approximate surface area is 114 Å². The topological polar surface area (TPSA) is 133 Å². The number of anilines is 2. The summed E-state index contributed by atoms with van der Waals surface area (Å²) in [5, 5.41) is 17.5. The number of hydrogen-bond acceptors (Lipinski definition) is 8. The Hall–Kier alpha value is -2.71. The summed E-state index contributed by atoms with van der Waals surface area (Å²) in [6, 6.07) is -0.165. The molecule has 9 heteroatoms. The fourth-order valence-electron chi connectivity index (χ4n) is 1.97. The van der Waals surface area contributed by atoms with E-state index in [2.05, 4.69) is 20.4 Å². The van der Waals surface area contributed by atoms with Crippen LogP contribution < -0.4 is 11.1 Å². The monoisotopic (exact) mass is 278 g/mol. The summed E-state index contributed by atoms with van der Waals surface area (Å²) in [6.45, 7) is 5.52. The van der Waals surface area contributed by atoms with Crippen LogP contribution in [0, 0.1) is 24.0 Å². The largest absolute Gasteiger partial charge is 0.378 e. The van der Waals surface area contributed by atoms with E-state index in [0.29, 0.717) is 5.76 Å². The fourth-order valence-corrected chi connectivity index (χ4v) is 1.97. The van der Waals surface area contributed by atoms with E-state index in [1.165, 1.54) is 0 Å². The molecule has 0 bridgehead atoms. The second-order valence-electron chi connectivity index (χ2n) is 4.33. The summed E-state index contributed by atoms with van der Waals surface area (Å²) in [5.41, 5.74) is 6.85. The molecule has 3 N–H and O–H groups in total. The van der Waals surface area contributed by atoms with Gasteiger partial charge in [-0.3, -0.25) is 10.1 Å². The minimum Gasteiger partial charge on any atom is -0.378 e. The number of aromatic nitrogens is 3. The zero-order chi connectivity index (χ0) is 14.9. The van der Waals surface area contributed by atoms with Gasteiger partial charge >= 0.3 is 5.69 Å². The predicted octanol–water partition coefficient (Wildman–Crippen LogP) is 1.74. The SMILES string of the molecule is Cc1noc(C)c1C(C)Nc1ncc([N+](=O)[O-])c(N)n1. The average Bonchev–Trinajstić information content (AvgIpc) is 2.68. The highest BCUT2D eigenvalue weighted by molar-refractivity contribution is 5.53. The van der Waals surface area contributed by atoms with Crippen molar-refractivity contribution >= 4 is 17.5 Å². The van der Waals surface area contributed by atoms with E-state index in [1.54, 1.807) is 6.92 Å². The first-order valence-corrected chi connectivity index (χ1v) is 5.86. The van der Waals surface area contributed by atoms with Crippen LogP contribution in [0.25, 0.3) is 0 Å². The van der Waals surface area contributed by atoms with Gasteiger partial charge in [-0.1, -0.05) is 5.16 Å². The highest BCUT2D eigenvalue weighted by atomic mass is 16.6. The lowest BCUT2D eigenvalue weighted by molar-refractivity contribution is -0.384. The zero-order valence-electron chi connectivity index (χ0n) is 11.2. The minimum absolute atomic E-state index is 0.165. The highest BCUT2D eigenvalue weighted by Gasteiger charge is 2.19. The molecule has 9 nitrogen and oxygen atoms in total. The molecule has 106 valence electrons. The number of hydrogen-bond donors (Lipinski definition) is 2. The van der Waals surface area contributed by atoms with Gasteiger partial charge in [0, 0.05) is 5.56 Å². The Bertz CT molecular complexity index is 634. The number of nitro groups is 1. The summed E-state index contributed by atoms with van der Waals surface area (Å²) < 4.78 is 5.08. The first-order valence-electron chi connectivity index (χ1n) is 5.86. The molecule has 0 fully saturated rings. The molecule has 1 atom stereocenters. The van der Waals surface area contributed by atoms with Crippen LogP contribution in [-0.4, -0.2) is 20.0 Å². The second kappa shape index (κ2) is 5.11. The fraction of sp³-hybridized carbons (Fsp3) is 0.364. The van der Waals surface area contributed by atoms with Crippen LogP contribution in [0.3, 0.4) is 0 Å². The smallest absolute Gasteiger partial charge is 0.329 e. The van der Waals surface area contributed by atoms with E-state index in [1.807, 2.05) is 13.8 Å². The minimum atomic E-state index is -0.628. The molecule has 0 radical (unpaired) electrons. The van der Waals surface area contributed by atoms with Gasteiger partial charge in [0.15, 0.2) is 0 Å². The number of nitrogens with one attached hydrogen (secondary N) is 1. The lowest BCUT2D eigenvalue weighted by Crippen LogP contribution is -2.12. The molecule has 0 aliphatic carbocycles. The van der Waals surface area contributed by atoms with Crippen LogP contribution in [0.2, 0.25) is 0 Å². The Morgan fingerprint density at radius 2 is 2.20 bits per heavy atom. The van der Waals surface area contributed by atoms with Crippen LogP contribution in [0.15, 0.2) is 10.7 Å². The Kier molecular flexibility index (Phi) is 3.51.